The van der Waals surface area contributed by atoms with E-state index in [9.17, 15) is 62.3 Å². The van der Waals surface area contributed by atoms with Crippen LogP contribution < -0.4 is 31.9 Å². The van der Waals surface area contributed by atoms with Crippen LogP contribution in [0.4, 0.5) is 85.3 Å². The lowest BCUT2D eigenvalue weighted by Gasteiger charge is -2.21. The summed E-state index contributed by atoms with van der Waals surface area (Å²) < 4.78 is 161. The number of nitrogens with one attached hydrogen (secondary N) is 6. The van der Waals surface area contributed by atoms with E-state index in [1.165, 1.54) is 0 Å². The first-order chi connectivity index (χ1) is 32.0. The molecule has 0 saturated heterocycles. The van der Waals surface area contributed by atoms with Gasteiger partial charge in [-0.05, 0) is 84.6 Å². The van der Waals surface area contributed by atoms with E-state index in [4.69, 9.17) is 0 Å². The highest BCUT2D eigenvalue weighted by Gasteiger charge is 2.38. The summed E-state index contributed by atoms with van der Waals surface area (Å²) in [5.74, 6) is 0.578. The molecule has 0 aliphatic heterocycles. The minimum atomic E-state index is -5.13. The number of hydrogen-bond acceptors (Lipinski definition) is 6. The Morgan fingerprint density at radius 3 is 1.06 bits per heavy atom. The van der Waals surface area contributed by atoms with Crippen molar-refractivity contribution >= 4 is 35.1 Å². The molecule has 22 heteroatoms. The Labute approximate surface area is 379 Å². The molecule has 358 valence electrons. The van der Waals surface area contributed by atoms with Gasteiger partial charge in [0.15, 0.2) is 0 Å². The smallest absolute Gasteiger partial charge is 0.368 e. The van der Waals surface area contributed by atoms with Crippen LogP contribution in [0.15, 0.2) is 133 Å². The summed E-state index contributed by atoms with van der Waals surface area (Å²) in [6, 6.07) is 25.0. The number of nitrogens with zero attached hydrogens (tertiary/aromatic N) is 2. The molecule has 0 saturated carbocycles. The first kappa shape index (κ1) is 49.9. The van der Waals surface area contributed by atoms with Crippen LogP contribution in [0.2, 0.25) is 0 Å². The van der Waals surface area contributed by atoms with Crippen molar-refractivity contribution in [1.82, 2.24) is 20.6 Å². The molecule has 10 nitrogen and oxygen atoms in total. The minimum Gasteiger partial charge on any atom is -0.368 e. The molecule has 4 amide bonds. The first-order valence-corrected chi connectivity index (χ1v) is 20.2. The van der Waals surface area contributed by atoms with Crippen molar-refractivity contribution in [2.75, 3.05) is 34.4 Å². The number of rotatable bonds is 15. The summed E-state index contributed by atoms with van der Waals surface area (Å²) in [7, 11) is 0. The van der Waals surface area contributed by atoms with E-state index in [1.54, 1.807) is 97.1 Å². The van der Waals surface area contributed by atoms with Crippen LogP contribution >= 0.6 is 0 Å². The van der Waals surface area contributed by atoms with Crippen molar-refractivity contribution in [1.29, 1.82) is 0 Å². The number of pyridine rings is 2. The van der Waals surface area contributed by atoms with Crippen LogP contribution in [0, 0.1) is 0 Å². The molecular weight excluding hydrogens is 925 g/mol. The van der Waals surface area contributed by atoms with Gasteiger partial charge in [-0.3, -0.25) is 0 Å². The molecule has 6 rings (SSSR count). The molecule has 2 aromatic heterocycles. The van der Waals surface area contributed by atoms with Gasteiger partial charge in [-0.2, -0.15) is 52.7 Å². The monoisotopic (exact) mass is 962 g/mol. The fourth-order valence-electron chi connectivity index (χ4n) is 6.71. The Morgan fingerprint density at radius 2 is 0.750 bits per heavy atom. The number of benzene rings is 4. The summed E-state index contributed by atoms with van der Waals surface area (Å²) in [6.45, 7) is -0.0460. The third-order valence-electron chi connectivity index (χ3n) is 9.83. The summed E-state index contributed by atoms with van der Waals surface area (Å²) in [5.41, 5.74) is -5.70. The number of anilines is 4. The van der Waals surface area contributed by atoms with E-state index in [0.717, 1.165) is 11.1 Å². The Morgan fingerprint density at radius 1 is 0.426 bits per heavy atom. The maximum atomic E-state index is 13.5. The number of halogens is 12. The van der Waals surface area contributed by atoms with Crippen molar-refractivity contribution in [2.45, 2.75) is 49.6 Å². The lowest BCUT2D eigenvalue weighted by Crippen LogP contribution is -2.43. The summed E-state index contributed by atoms with van der Waals surface area (Å²) in [5, 5.41) is 15.5. The zero-order valence-electron chi connectivity index (χ0n) is 34.9. The van der Waals surface area contributed by atoms with Gasteiger partial charge in [-0.25, -0.2) is 19.6 Å². The largest absolute Gasteiger partial charge is 0.416 e. The predicted molar refractivity (Wildman–Crippen MR) is 230 cm³/mol. The minimum absolute atomic E-state index is 0.0230. The Balaban J connectivity index is 1.14. The third-order valence-corrected chi connectivity index (χ3v) is 9.83. The molecule has 2 heterocycles. The van der Waals surface area contributed by atoms with Crippen LogP contribution in [0.5, 0.6) is 0 Å². The number of aromatic nitrogens is 2. The number of hydrogen-bond donors (Lipinski definition) is 6. The molecule has 0 aliphatic carbocycles. The zero-order valence-corrected chi connectivity index (χ0v) is 34.9. The second-order valence-corrected chi connectivity index (χ2v) is 15.1. The van der Waals surface area contributed by atoms with Gasteiger partial charge in [-0.15, -0.1) is 0 Å². The predicted octanol–water partition coefficient (Wildman–Crippen LogP) is 11.9. The van der Waals surface area contributed by atoms with Crippen LogP contribution in [0.3, 0.4) is 0 Å². The van der Waals surface area contributed by atoms with Gasteiger partial charge in [0.05, 0.1) is 45.7 Å². The molecule has 0 bridgehead atoms. The Hall–Kier alpha value is -7.52. The molecule has 0 spiro atoms. The van der Waals surface area contributed by atoms with Crippen molar-refractivity contribution < 1.29 is 62.3 Å². The Bertz CT molecular complexity index is 2410. The maximum Gasteiger partial charge on any atom is 0.416 e. The highest BCUT2D eigenvalue weighted by molar-refractivity contribution is 5.90. The number of urea groups is 2. The Kier molecular flexibility index (Phi) is 15.4. The zero-order chi connectivity index (χ0) is 49.3. The highest BCUT2D eigenvalue weighted by Crippen LogP contribution is 2.39. The van der Waals surface area contributed by atoms with Gasteiger partial charge in [0.25, 0.3) is 0 Å². The van der Waals surface area contributed by atoms with Crippen LogP contribution in [0.25, 0.3) is 11.4 Å². The van der Waals surface area contributed by atoms with E-state index >= 15 is 0 Å². The molecule has 68 heavy (non-hydrogen) atoms. The van der Waals surface area contributed by atoms with E-state index in [0.29, 0.717) is 35.7 Å². The second-order valence-electron chi connectivity index (χ2n) is 15.1. The van der Waals surface area contributed by atoms with E-state index < -0.39 is 82.5 Å². The van der Waals surface area contributed by atoms with Gasteiger partial charge in [0, 0.05) is 24.5 Å². The molecule has 0 unspecified atom stereocenters. The van der Waals surface area contributed by atoms with Gasteiger partial charge >= 0.3 is 36.8 Å². The average molecular weight is 963 g/mol. The van der Waals surface area contributed by atoms with Crippen LogP contribution in [0.1, 0.15) is 33.4 Å². The summed E-state index contributed by atoms with van der Waals surface area (Å²) in [4.78, 5) is 35.4. The van der Waals surface area contributed by atoms with Crippen molar-refractivity contribution in [2.24, 2.45) is 0 Å². The van der Waals surface area contributed by atoms with Crippen LogP contribution in [-0.4, -0.2) is 47.2 Å². The number of amides is 4. The van der Waals surface area contributed by atoms with Gasteiger partial charge in [0.1, 0.15) is 11.6 Å². The fourth-order valence-corrected chi connectivity index (χ4v) is 6.71. The molecule has 6 aromatic rings. The van der Waals surface area contributed by atoms with E-state index in [2.05, 4.69) is 41.9 Å². The molecule has 0 radical (unpaired) electrons. The SMILES string of the molecule is O=C(Nc1cc(C(F)(F)F)cc(C(F)(F)F)c1)N[C@H](CNc1cccc(-c2cccc(NC[C@H](Cc3ccccc3)NC(=O)Nc3cc(C(F)(F)F)cc(C(F)(F)F)c3)n2)n1)Cc1ccccc1. The maximum absolute atomic E-state index is 13.5. The van der Waals surface area contributed by atoms with Crippen molar-refractivity contribution in [3.8, 4) is 11.4 Å². The number of carbonyl (C=O) groups excluding carboxylic acids is 2. The van der Waals surface area contributed by atoms with Gasteiger partial charge in [0.2, 0.25) is 0 Å². The molecule has 6 N–H and O–H groups in total. The molecular formula is C46H38F12N8O2. The third kappa shape index (κ3) is 14.7. The molecule has 0 fully saturated rings. The normalized spacial score (nSPS) is 12.9. The lowest BCUT2D eigenvalue weighted by atomic mass is 10.1. The lowest BCUT2D eigenvalue weighted by molar-refractivity contribution is -0.144. The molecule has 2 atom stereocenters. The summed E-state index contributed by atoms with van der Waals surface area (Å²) in [6.07, 6.45) is -20.2. The molecule has 4 aromatic carbocycles. The average Bonchev–Trinajstić information content (AvgIpc) is 3.27. The first-order valence-electron chi connectivity index (χ1n) is 20.2. The van der Waals surface area contributed by atoms with E-state index in [-0.39, 0.29) is 49.7 Å². The van der Waals surface area contributed by atoms with Crippen molar-refractivity contribution in [3.63, 3.8) is 0 Å². The second kappa shape index (κ2) is 21.0. The molecule has 0 aliphatic rings. The van der Waals surface area contributed by atoms with Gasteiger partial charge < -0.3 is 31.9 Å². The quantitative estimate of drug-likeness (QED) is 0.0568. The van der Waals surface area contributed by atoms with Gasteiger partial charge in [-0.1, -0.05) is 72.8 Å². The number of carbonyl (C=O) groups is 2. The van der Waals surface area contributed by atoms with Crippen molar-refractivity contribution in [3.05, 3.63) is 167 Å². The van der Waals surface area contributed by atoms with E-state index in [1.807, 2.05) is 0 Å². The highest BCUT2D eigenvalue weighted by atomic mass is 19.4. The fraction of sp³-hybridized carbons (Fsp3) is 0.217. The van der Waals surface area contributed by atoms with Crippen LogP contribution in [-0.2, 0) is 37.5 Å². The summed E-state index contributed by atoms with van der Waals surface area (Å²) >= 11 is 0. The number of alkyl halides is 12. The standard InChI is InChI=1S/C46H38F12N8O2/c47-43(48,49)29-19-30(44(50,51)52)22-33(21-29)61-41(67)63-35(17-27-9-3-1-4-10-27)25-59-39-15-7-13-37(65-39)38-14-8-16-40(66-38)60-26-36(18-28-11-5-2-6-12-28)64-42(68)62-34-23-31(45(53,54)55)20-32(24-34)46(56,57)58/h1-16,19-24,35-36H,17-18,25-26H2,(H,59,65)(H,60,66)(H2,61,63,67)(H2,62,64,68)/t35-,36-/m0/s1. The topological polar surface area (TPSA) is 132 Å².